The second-order valence-electron chi connectivity index (χ2n) is 4.93. The maximum absolute atomic E-state index is 5.53. The highest BCUT2D eigenvalue weighted by molar-refractivity contribution is 9.10. The molecule has 1 aromatic heterocycles. The maximum atomic E-state index is 5.53. The third-order valence-electron chi connectivity index (χ3n) is 3.65. The van der Waals surface area contributed by atoms with Crippen molar-refractivity contribution in [3.8, 4) is 5.69 Å². The van der Waals surface area contributed by atoms with E-state index in [1.54, 1.807) is 0 Å². The van der Waals surface area contributed by atoms with Crippen molar-refractivity contribution >= 4 is 50.0 Å². The number of aromatic nitrogens is 2. The fraction of sp³-hybridized carbons (Fsp3) is 0. The number of H-pyrrole nitrogens is 1. The molecule has 0 bridgehead atoms. The molecule has 0 saturated heterocycles. The van der Waals surface area contributed by atoms with Crippen molar-refractivity contribution in [2.45, 2.75) is 0 Å². The lowest BCUT2D eigenvalue weighted by molar-refractivity contribution is 1.08. The molecule has 102 valence electrons. The van der Waals surface area contributed by atoms with Crippen molar-refractivity contribution in [1.29, 1.82) is 0 Å². The number of rotatable bonds is 1. The third-order valence-corrected chi connectivity index (χ3v) is 4.43. The largest absolute Gasteiger partial charge is 0.330 e. The number of hydrogen-bond donors (Lipinski definition) is 1. The predicted octanol–water partition coefficient (Wildman–Crippen LogP) is 5.60. The molecule has 0 spiro atoms. The fourth-order valence-corrected chi connectivity index (χ4v) is 3.37. The molecule has 0 saturated carbocycles. The van der Waals surface area contributed by atoms with E-state index in [9.17, 15) is 0 Å². The first-order chi connectivity index (χ1) is 10.2. The maximum Gasteiger partial charge on any atom is 0.182 e. The van der Waals surface area contributed by atoms with Crippen LogP contribution in [0.4, 0.5) is 0 Å². The van der Waals surface area contributed by atoms with Crippen LogP contribution in [-0.4, -0.2) is 9.55 Å². The summed E-state index contributed by atoms with van der Waals surface area (Å²) in [6.07, 6.45) is 0. The third kappa shape index (κ3) is 2.03. The molecule has 0 unspecified atom stereocenters. The van der Waals surface area contributed by atoms with Crippen LogP contribution in [0.3, 0.4) is 0 Å². The Morgan fingerprint density at radius 2 is 1.76 bits per heavy atom. The van der Waals surface area contributed by atoms with Gasteiger partial charge in [0.2, 0.25) is 0 Å². The van der Waals surface area contributed by atoms with Crippen LogP contribution in [0.5, 0.6) is 0 Å². The second-order valence-corrected chi connectivity index (χ2v) is 6.23. The molecule has 0 aliphatic rings. The topological polar surface area (TPSA) is 20.7 Å². The summed E-state index contributed by atoms with van der Waals surface area (Å²) in [5, 5.41) is 2.40. The van der Waals surface area contributed by atoms with Gasteiger partial charge in [-0.2, -0.15) is 0 Å². The van der Waals surface area contributed by atoms with E-state index >= 15 is 0 Å². The van der Waals surface area contributed by atoms with E-state index in [4.69, 9.17) is 12.2 Å². The number of imidazole rings is 1. The number of halogens is 1. The van der Waals surface area contributed by atoms with E-state index in [1.807, 2.05) is 12.1 Å². The van der Waals surface area contributed by atoms with Gasteiger partial charge in [-0.1, -0.05) is 52.3 Å². The van der Waals surface area contributed by atoms with Crippen molar-refractivity contribution in [3.63, 3.8) is 0 Å². The minimum Gasteiger partial charge on any atom is -0.330 e. The zero-order valence-electron chi connectivity index (χ0n) is 11.0. The molecule has 0 aliphatic carbocycles. The van der Waals surface area contributed by atoms with E-state index in [1.165, 1.54) is 10.8 Å². The van der Waals surface area contributed by atoms with Gasteiger partial charge in [-0.15, -0.1) is 0 Å². The molecule has 0 aliphatic heterocycles. The van der Waals surface area contributed by atoms with Gasteiger partial charge in [-0.25, -0.2) is 0 Å². The Labute approximate surface area is 135 Å². The summed E-state index contributed by atoms with van der Waals surface area (Å²) < 4.78 is 3.84. The van der Waals surface area contributed by atoms with Crippen LogP contribution in [0.1, 0.15) is 0 Å². The van der Waals surface area contributed by atoms with Gasteiger partial charge in [0.05, 0.1) is 16.7 Å². The first-order valence-corrected chi connectivity index (χ1v) is 7.82. The first-order valence-electron chi connectivity index (χ1n) is 6.62. The Morgan fingerprint density at radius 1 is 0.952 bits per heavy atom. The molecular weight excluding hydrogens is 344 g/mol. The Kier molecular flexibility index (Phi) is 2.94. The highest BCUT2D eigenvalue weighted by Gasteiger charge is 2.09. The van der Waals surface area contributed by atoms with Crippen LogP contribution >= 0.6 is 28.1 Å². The Hall–Kier alpha value is -1.91. The van der Waals surface area contributed by atoms with Crippen LogP contribution < -0.4 is 0 Å². The smallest absolute Gasteiger partial charge is 0.182 e. The van der Waals surface area contributed by atoms with Crippen molar-refractivity contribution in [2.24, 2.45) is 0 Å². The molecule has 21 heavy (non-hydrogen) atoms. The summed E-state index contributed by atoms with van der Waals surface area (Å²) in [6.45, 7) is 0. The van der Waals surface area contributed by atoms with E-state index in [0.717, 1.165) is 21.2 Å². The molecule has 1 heterocycles. The van der Waals surface area contributed by atoms with Crippen LogP contribution in [0.25, 0.3) is 27.5 Å². The fourth-order valence-electron chi connectivity index (χ4n) is 2.72. The number of fused-ring (bicyclic) bond motifs is 2. The molecular formula is C17H11BrN2S. The van der Waals surface area contributed by atoms with Crippen LogP contribution in [-0.2, 0) is 0 Å². The average Bonchev–Trinajstić information content (AvgIpc) is 2.82. The quantitative estimate of drug-likeness (QED) is 0.441. The number of hydrogen-bond acceptors (Lipinski definition) is 1. The zero-order valence-corrected chi connectivity index (χ0v) is 13.4. The van der Waals surface area contributed by atoms with Crippen LogP contribution in [0.15, 0.2) is 65.1 Å². The first kappa shape index (κ1) is 12.8. The lowest BCUT2D eigenvalue weighted by atomic mass is 10.1. The summed E-state index contributed by atoms with van der Waals surface area (Å²) >= 11 is 9.07. The Morgan fingerprint density at radius 3 is 2.67 bits per heavy atom. The van der Waals surface area contributed by atoms with Gasteiger partial charge in [0, 0.05) is 9.86 Å². The van der Waals surface area contributed by atoms with Gasteiger partial charge in [-0.05, 0) is 41.9 Å². The van der Waals surface area contributed by atoms with Gasteiger partial charge < -0.3 is 4.98 Å². The molecule has 0 radical (unpaired) electrons. The number of aromatic amines is 1. The van der Waals surface area contributed by atoms with Crippen molar-refractivity contribution in [2.75, 3.05) is 0 Å². The lowest BCUT2D eigenvalue weighted by Crippen LogP contribution is -1.95. The Balaban J connectivity index is 2.16. The lowest BCUT2D eigenvalue weighted by Gasteiger charge is -2.09. The molecule has 0 amide bonds. The SMILES string of the molecule is S=c1[nH]c2ccc(Br)cc2n1-c1cccc2ccccc12. The van der Waals surface area contributed by atoms with Gasteiger partial charge in [0.15, 0.2) is 4.77 Å². The molecule has 0 atom stereocenters. The van der Waals surface area contributed by atoms with E-state index in [0.29, 0.717) is 4.77 Å². The predicted molar refractivity (Wildman–Crippen MR) is 93.7 cm³/mol. The van der Waals surface area contributed by atoms with Gasteiger partial charge in [0.25, 0.3) is 0 Å². The highest BCUT2D eigenvalue weighted by Crippen LogP contribution is 2.27. The van der Waals surface area contributed by atoms with Crippen molar-refractivity contribution in [3.05, 3.63) is 69.9 Å². The number of benzene rings is 3. The summed E-state index contributed by atoms with van der Waals surface area (Å²) in [5.74, 6) is 0. The summed E-state index contributed by atoms with van der Waals surface area (Å²) in [7, 11) is 0. The molecule has 3 aromatic carbocycles. The number of nitrogens with zero attached hydrogens (tertiary/aromatic N) is 1. The molecule has 2 nitrogen and oxygen atoms in total. The van der Waals surface area contributed by atoms with Gasteiger partial charge in [-0.3, -0.25) is 4.57 Å². The van der Waals surface area contributed by atoms with Crippen LogP contribution in [0.2, 0.25) is 0 Å². The van der Waals surface area contributed by atoms with E-state index < -0.39 is 0 Å². The summed E-state index contributed by atoms with van der Waals surface area (Å²) in [4.78, 5) is 3.27. The van der Waals surface area contributed by atoms with Gasteiger partial charge in [0.1, 0.15) is 0 Å². The highest BCUT2D eigenvalue weighted by atomic mass is 79.9. The minimum atomic E-state index is 0.708. The number of nitrogens with one attached hydrogen (secondary N) is 1. The van der Waals surface area contributed by atoms with Crippen molar-refractivity contribution < 1.29 is 0 Å². The molecule has 0 fully saturated rings. The average molecular weight is 355 g/mol. The zero-order chi connectivity index (χ0) is 14.4. The summed E-state index contributed by atoms with van der Waals surface area (Å²) in [5.41, 5.74) is 3.21. The molecule has 4 rings (SSSR count). The molecule has 4 heteroatoms. The van der Waals surface area contributed by atoms with E-state index in [2.05, 4.69) is 74.0 Å². The minimum absolute atomic E-state index is 0.708. The van der Waals surface area contributed by atoms with Gasteiger partial charge >= 0.3 is 0 Å². The van der Waals surface area contributed by atoms with Crippen LogP contribution in [0, 0.1) is 4.77 Å². The Bertz CT molecular complexity index is 1020. The van der Waals surface area contributed by atoms with Crippen molar-refractivity contribution in [1.82, 2.24) is 9.55 Å². The standard InChI is InChI=1S/C17H11BrN2S/c18-12-8-9-14-16(10-12)20(17(21)19-14)15-7-3-5-11-4-1-2-6-13(11)15/h1-10H,(H,19,21). The monoisotopic (exact) mass is 354 g/mol. The van der Waals surface area contributed by atoms with E-state index in [-0.39, 0.29) is 0 Å². The molecule has 1 N–H and O–H groups in total. The normalized spacial score (nSPS) is 11.3. The summed E-state index contributed by atoms with van der Waals surface area (Å²) in [6, 6.07) is 20.8. The molecule has 4 aromatic rings. The second kappa shape index (κ2) is 4.83.